The number of carbonyl (C=O) groups is 2. The fourth-order valence-corrected chi connectivity index (χ4v) is 1.93. The van der Waals surface area contributed by atoms with Crippen LogP contribution in [0.3, 0.4) is 0 Å². The predicted octanol–water partition coefficient (Wildman–Crippen LogP) is 2.71. The zero-order valence-electron chi connectivity index (χ0n) is 12.8. The highest BCUT2D eigenvalue weighted by atomic mass is 16.5. The molecule has 1 amide bonds. The number of hydrogen-bond donors (Lipinski definition) is 2. The first-order valence-electron chi connectivity index (χ1n) is 6.98. The molecule has 2 N–H and O–H groups in total. The summed E-state index contributed by atoms with van der Waals surface area (Å²) in [6, 6.07) is 6.91. The maximum absolute atomic E-state index is 12.0. The van der Waals surface area contributed by atoms with E-state index in [1.807, 2.05) is 13.8 Å². The van der Waals surface area contributed by atoms with Crippen LogP contribution in [0.5, 0.6) is 5.75 Å². The molecule has 21 heavy (non-hydrogen) atoms. The van der Waals surface area contributed by atoms with Gasteiger partial charge >= 0.3 is 5.97 Å². The van der Waals surface area contributed by atoms with Crippen molar-refractivity contribution < 1.29 is 19.4 Å². The molecule has 0 fully saturated rings. The summed E-state index contributed by atoms with van der Waals surface area (Å²) in [5.74, 6) is -0.210. The maximum atomic E-state index is 12.0. The van der Waals surface area contributed by atoms with E-state index in [0.717, 1.165) is 6.42 Å². The van der Waals surface area contributed by atoms with Crippen molar-refractivity contribution in [1.29, 1.82) is 0 Å². The molecule has 0 aliphatic heterocycles. The number of nitrogens with one attached hydrogen (secondary N) is 1. The average molecular weight is 293 g/mol. The van der Waals surface area contributed by atoms with Crippen LogP contribution in [0, 0.1) is 5.41 Å². The van der Waals surface area contributed by atoms with E-state index >= 15 is 0 Å². The standard InChI is InChI=1S/C16H23NO4/c1-16(2,9-8-14(18)19)10-11-17-15(20)12-4-6-13(21-3)7-5-12/h4-7H,8-11H2,1-3H3,(H,17,20)(H,18,19). The fourth-order valence-electron chi connectivity index (χ4n) is 1.93. The van der Waals surface area contributed by atoms with E-state index in [4.69, 9.17) is 9.84 Å². The molecule has 0 atom stereocenters. The smallest absolute Gasteiger partial charge is 0.303 e. The summed E-state index contributed by atoms with van der Waals surface area (Å²) in [5.41, 5.74) is 0.477. The lowest BCUT2D eigenvalue weighted by molar-refractivity contribution is -0.137. The molecule has 0 heterocycles. The Labute approximate surface area is 125 Å². The van der Waals surface area contributed by atoms with Crippen LogP contribution in [0.4, 0.5) is 0 Å². The van der Waals surface area contributed by atoms with Crippen molar-refractivity contribution in [3.63, 3.8) is 0 Å². The highest BCUT2D eigenvalue weighted by Crippen LogP contribution is 2.26. The van der Waals surface area contributed by atoms with E-state index in [9.17, 15) is 9.59 Å². The molecule has 0 saturated heterocycles. The summed E-state index contributed by atoms with van der Waals surface area (Å²) in [4.78, 5) is 22.5. The fraction of sp³-hybridized carbons (Fsp3) is 0.500. The lowest BCUT2D eigenvalue weighted by Crippen LogP contribution is -2.28. The van der Waals surface area contributed by atoms with Gasteiger partial charge in [-0.2, -0.15) is 0 Å². The molecule has 0 spiro atoms. The van der Waals surface area contributed by atoms with Gasteiger partial charge in [-0.05, 0) is 42.5 Å². The van der Waals surface area contributed by atoms with Crippen LogP contribution in [0.1, 0.15) is 43.5 Å². The first-order valence-corrected chi connectivity index (χ1v) is 6.98. The number of carboxylic acids is 1. The number of hydrogen-bond acceptors (Lipinski definition) is 3. The maximum Gasteiger partial charge on any atom is 0.303 e. The molecule has 1 rings (SSSR count). The Morgan fingerprint density at radius 3 is 2.33 bits per heavy atom. The van der Waals surface area contributed by atoms with Crippen molar-refractivity contribution in [3.05, 3.63) is 29.8 Å². The highest BCUT2D eigenvalue weighted by molar-refractivity contribution is 5.94. The second kappa shape index (κ2) is 7.67. The van der Waals surface area contributed by atoms with Gasteiger partial charge in [0.1, 0.15) is 5.75 Å². The molecular formula is C16H23NO4. The summed E-state index contributed by atoms with van der Waals surface area (Å²) in [5, 5.41) is 11.6. The molecule has 0 radical (unpaired) electrons. The Bertz CT molecular complexity index is 480. The first-order chi connectivity index (χ1) is 9.84. The summed E-state index contributed by atoms with van der Waals surface area (Å²) in [7, 11) is 1.58. The van der Waals surface area contributed by atoms with E-state index in [1.165, 1.54) is 0 Å². The Balaban J connectivity index is 2.40. The van der Waals surface area contributed by atoms with Crippen molar-refractivity contribution in [3.8, 4) is 5.75 Å². The molecule has 0 saturated carbocycles. The topological polar surface area (TPSA) is 75.6 Å². The summed E-state index contributed by atoms with van der Waals surface area (Å²) >= 11 is 0. The second-order valence-corrected chi connectivity index (χ2v) is 5.79. The third-order valence-corrected chi connectivity index (χ3v) is 3.46. The zero-order valence-corrected chi connectivity index (χ0v) is 12.8. The molecule has 0 aliphatic carbocycles. The van der Waals surface area contributed by atoms with Gasteiger partial charge in [-0.3, -0.25) is 9.59 Å². The second-order valence-electron chi connectivity index (χ2n) is 5.79. The number of rotatable bonds is 8. The number of carbonyl (C=O) groups excluding carboxylic acids is 1. The Morgan fingerprint density at radius 2 is 1.81 bits per heavy atom. The molecule has 0 aromatic heterocycles. The van der Waals surface area contributed by atoms with Crippen LogP contribution >= 0.6 is 0 Å². The van der Waals surface area contributed by atoms with E-state index < -0.39 is 5.97 Å². The van der Waals surface area contributed by atoms with E-state index in [2.05, 4.69) is 5.32 Å². The van der Waals surface area contributed by atoms with Gasteiger partial charge in [-0.1, -0.05) is 13.8 Å². The van der Waals surface area contributed by atoms with Gasteiger partial charge in [0, 0.05) is 18.5 Å². The minimum absolute atomic E-state index is 0.106. The number of ether oxygens (including phenoxy) is 1. The molecule has 1 aromatic carbocycles. The van der Waals surface area contributed by atoms with Gasteiger partial charge in [0.25, 0.3) is 5.91 Å². The van der Waals surface area contributed by atoms with Crippen LogP contribution in [0.2, 0.25) is 0 Å². The van der Waals surface area contributed by atoms with Crippen LogP contribution < -0.4 is 10.1 Å². The zero-order chi connectivity index (χ0) is 15.9. The normalized spacial score (nSPS) is 11.0. The third-order valence-electron chi connectivity index (χ3n) is 3.46. The minimum Gasteiger partial charge on any atom is -0.497 e. The monoisotopic (exact) mass is 293 g/mol. The number of methoxy groups -OCH3 is 1. The summed E-state index contributed by atoms with van der Waals surface area (Å²) < 4.78 is 5.04. The Kier molecular flexibility index (Phi) is 6.21. The van der Waals surface area contributed by atoms with Gasteiger partial charge in [-0.15, -0.1) is 0 Å². The molecule has 5 heteroatoms. The third kappa shape index (κ3) is 6.29. The van der Waals surface area contributed by atoms with Crippen molar-refractivity contribution in [2.24, 2.45) is 5.41 Å². The molecule has 1 aromatic rings. The molecule has 5 nitrogen and oxygen atoms in total. The predicted molar refractivity (Wildman–Crippen MR) is 80.6 cm³/mol. The number of carboxylic acid groups (broad SMARTS) is 1. The van der Waals surface area contributed by atoms with E-state index in [0.29, 0.717) is 24.3 Å². The van der Waals surface area contributed by atoms with Gasteiger partial charge in [0.2, 0.25) is 0 Å². The quantitative estimate of drug-likeness (QED) is 0.772. The number of amides is 1. The molecule has 0 aliphatic rings. The molecule has 0 unspecified atom stereocenters. The van der Waals surface area contributed by atoms with Crippen molar-refractivity contribution in [2.75, 3.05) is 13.7 Å². The van der Waals surface area contributed by atoms with Crippen molar-refractivity contribution >= 4 is 11.9 Å². The highest BCUT2D eigenvalue weighted by Gasteiger charge is 2.19. The van der Waals surface area contributed by atoms with Gasteiger partial charge in [-0.25, -0.2) is 0 Å². The number of benzene rings is 1. The van der Waals surface area contributed by atoms with E-state index in [-0.39, 0.29) is 17.7 Å². The van der Waals surface area contributed by atoms with Crippen LogP contribution in [-0.2, 0) is 4.79 Å². The van der Waals surface area contributed by atoms with Crippen LogP contribution in [0.15, 0.2) is 24.3 Å². The number of aliphatic carboxylic acids is 1. The van der Waals surface area contributed by atoms with Crippen molar-refractivity contribution in [1.82, 2.24) is 5.32 Å². The first kappa shape index (κ1) is 17.0. The summed E-state index contributed by atoms with van der Waals surface area (Å²) in [6.45, 7) is 4.54. The van der Waals surface area contributed by atoms with Crippen molar-refractivity contribution in [2.45, 2.75) is 33.1 Å². The molecule has 0 bridgehead atoms. The minimum atomic E-state index is -0.787. The molecular weight excluding hydrogens is 270 g/mol. The van der Waals surface area contributed by atoms with Crippen LogP contribution in [-0.4, -0.2) is 30.6 Å². The Hall–Kier alpha value is -2.04. The largest absolute Gasteiger partial charge is 0.497 e. The van der Waals surface area contributed by atoms with Gasteiger partial charge in [0.15, 0.2) is 0 Å². The summed E-state index contributed by atoms with van der Waals surface area (Å²) in [6.07, 6.45) is 1.49. The van der Waals surface area contributed by atoms with E-state index in [1.54, 1.807) is 31.4 Å². The van der Waals surface area contributed by atoms with Gasteiger partial charge < -0.3 is 15.2 Å². The Morgan fingerprint density at radius 1 is 1.19 bits per heavy atom. The van der Waals surface area contributed by atoms with Gasteiger partial charge in [0.05, 0.1) is 7.11 Å². The lowest BCUT2D eigenvalue weighted by Gasteiger charge is -2.23. The average Bonchev–Trinajstić information content (AvgIpc) is 2.45. The van der Waals surface area contributed by atoms with Crippen LogP contribution in [0.25, 0.3) is 0 Å². The molecule has 116 valence electrons. The SMILES string of the molecule is COc1ccc(C(=O)NCCC(C)(C)CCC(=O)O)cc1. The lowest BCUT2D eigenvalue weighted by atomic mass is 9.84.